The number of amides is 2. The maximum atomic E-state index is 12.1. The SMILES string of the molecule is CC(C)c1ccc(OCC(=O)NNC(=O)C2COc3ccccc3O2)cc1. The molecule has 0 bridgehead atoms. The van der Waals surface area contributed by atoms with Crippen LogP contribution in [0.15, 0.2) is 48.5 Å². The lowest BCUT2D eigenvalue weighted by Crippen LogP contribution is -2.51. The monoisotopic (exact) mass is 370 g/mol. The predicted octanol–water partition coefficient (Wildman–Crippen LogP) is 2.18. The maximum Gasteiger partial charge on any atom is 0.283 e. The molecule has 1 atom stereocenters. The fourth-order valence-corrected chi connectivity index (χ4v) is 2.49. The Bertz CT molecular complexity index is 804. The Morgan fingerprint density at radius 3 is 2.48 bits per heavy atom. The van der Waals surface area contributed by atoms with Crippen molar-refractivity contribution in [2.75, 3.05) is 13.2 Å². The van der Waals surface area contributed by atoms with Crippen molar-refractivity contribution >= 4 is 11.8 Å². The molecule has 0 aromatic heterocycles. The molecule has 7 nitrogen and oxygen atoms in total. The van der Waals surface area contributed by atoms with E-state index < -0.39 is 17.9 Å². The summed E-state index contributed by atoms with van der Waals surface area (Å²) in [5, 5.41) is 0. The number of ether oxygens (including phenoxy) is 3. The summed E-state index contributed by atoms with van der Waals surface area (Å²) >= 11 is 0. The number of hydrazine groups is 1. The van der Waals surface area contributed by atoms with Crippen LogP contribution >= 0.6 is 0 Å². The van der Waals surface area contributed by atoms with Crippen LogP contribution in [0.4, 0.5) is 0 Å². The van der Waals surface area contributed by atoms with E-state index in [1.807, 2.05) is 30.3 Å². The third-order valence-corrected chi connectivity index (χ3v) is 4.04. The number of rotatable bonds is 5. The van der Waals surface area contributed by atoms with Crippen molar-refractivity contribution in [1.29, 1.82) is 0 Å². The third kappa shape index (κ3) is 4.91. The van der Waals surface area contributed by atoms with Crippen molar-refractivity contribution in [2.45, 2.75) is 25.9 Å². The average Bonchev–Trinajstić information content (AvgIpc) is 2.70. The van der Waals surface area contributed by atoms with Gasteiger partial charge in [0.25, 0.3) is 11.8 Å². The molecule has 1 aliphatic rings. The van der Waals surface area contributed by atoms with Gasteiger partial charge in [0.2, 0.25) is 6.10 Å². The lowest BCUT2D eigenvalue weighted by Gasteiger charge is -2.25. The molecule has 0 saturated heterocycles. The molecule has 1 unspecified atom stereocenters. The van der Waals surface area contributed by atoms with Gasteiger partial charge >= 0.3 is 0 Å². The van der Waals surface area contributed by atoms with Gasteiger partial charge in [-0.25, -0.2) is 0 Å². The van der Waals surface area contributed by atoms with Crippen molar-refractivity contribution in [3.05, 3.63) is 54.1 Å². The molecule has 0 fully saturated rings. The normalized spacial score (nSPS) is 15.1. The van der Waals surface area contributed by atoms with Gasteiger partial charge in [-0.2, -0.15) is 0 Å². The topological polar surface area (TPSA) is 85.9 Å². The molecule has 3 rings (SSSR count). The Hall–Kier alpha value is -3.22. The first kappa shape index (κ1) is 18.6. The van der Waals surface area contributed by atoms with Crippen LogP contribution in [0, 0.1) is 0 Å². The summed E-state index contributed by atoms with van der Waals surface area (Å²) in [6, 6.07) is 14.6. The standard InChI is InChI=1S/C20H22N2O5/c1-13(2)14-7-9-15(10-8-14)25-12-19(23)21-22-20(24)18-11-26-16-5-3-4-6-17(16)27-18/h3-10,13,18H,11-12H2,1-2H3,(H,21,23)(H,22,24). The molecule has 2 amide bonds. The zero-order chi connectivity index (χ0) is 19.2. The van der Waals surface area contributed by atoms with Gasteiger partial charge in [-0.15, -0.1) is 0 Å². The van der Waals surface area contributed by atoms with Gasteiger partial charge < -0.3 is 14.2 Å². The third-order valence-electron chi connectivity index (χ3n) is 4.04. The van der Waals surface area contributed by atoms with Crippen LogP contribution in [-0.4, -0.2) is 31.1 Å². The first-order valence-electron chi connectivity index (χ1n) is 8.73. The Kier molecular flexibility index (Phi) is 5.80. The van der Waals surface area contributed by atoms with E-state index in [4.69, 9.17) is 14.2 Å². The molecule has 2 aromatic rings. The number of carbonyl (C=O) groups excluding carboxylic acids is 2. The summed E-state index contributed by atoms with van der Waals surface area (Å²) in [6.45, 7) is 4.06. The van der Waals surface area contributed by atoms with E-state index in [-0.39, 0.29) is 13.2 Å². The molecular formula is C20H22N2O5. The molecule has 1 heterocycles. The molecule has 0 aliphatic carbocycles. The highest BCUT2D eigenvalue weighted by atomic mass is 16.6. The van der Waals surface area contributed by atoms with E-state index in [9.17, 15) is 9.59 Å². The van der Waals surface area contributed by atoms with Gasteiger partial charge in [-0.05, 0) is 35.7 Å². The van der Waals surface area contributed by atoms with Gasteiger partial charge in [0.15, 0.2) is 18.1 Å². The largest absolute Gasteiger partial charge is 0.485 e. The predicted molar refractivity (Wildman–Crippen MR) is 98.7 cm³/mol. The maximum absolute atomic E-state index is 12.1. The van der Waals surface area contributed by atoms with Gasteiger partial charge in [0.05, 0.1) is 0 Å². The first-order valence-corrected chi connectivity index (χ1v) is 8.73. The fourth-order valence-electron chi connectivity index (χ4n) is 2.49. The van der Waals surface area contributed by atoms with Crippen LogP contribution < -0.4 is 25.1 Å². The first-order chi connectivity index (χ1) is 13.0. The van der Waals surface area contributed by atoms with E-state index in [1.165, 1.54) is 5.56 Å². The van der Waals surface area contributed by atoms with Crippen LogP contribution in [0.3, 0.4) is 0 Å². The summed E-state index contributed by atoms with van der Waals surface area (Å²) in [6.07, 6.45) is -0.843. The highest BCUT2D eigenvalue weighted by Crippen LogP contribution is 2.30. The molecule has 2 aromatic carbocycles. The van der Waals surface area contributed by atoms with E-state index >= 15 is 0 Å². The molecule has 2 N–H and O–H groups in total. The Morgan fingerprint density at radius 2 is 1.78 bits per heavy atom. The van der Waals surface area contributed by atoms with Gasteiger partial charge in [0, 0.05) is 0 Å². The Labute approximate surface area is 157 Å². The molecule has 0 radical (unpaired) electrons. The molecule has 1 aliphatic heterocycles. The molecule has 0 spiro atoms. The number of hydrogen-bond donors (Lipinski definition) is 2. The summed E-state index contributed by atoms with van der Waals surface area (Å²) < 4.78 is 16.4. The van der Waals surface area contributed by atoms with Crippen LogP contribution in [0.5, 0.6) is 17.2 Å². The number of para-hydroxylation sites is 2. The minimum atomic E-state index is -0.843. The number of carbonyl (C=O) groups is 2. The van der Waals surface area contributed by atoms with Gasteiger partial charge in [-0.3, -0.25) is 20.4 Å². The summed E-state index contributed by atoms with van der Waals surface area (Å²) in [7, 11) is 0. The molecule has 27 heavy (non-hydrogen) atoms. The lowest BCUT2D eigenvalue weighted by molar-refractivity contribution is -0.135. The molecular weight excluding hydrogens is 348 g/mol. The summed E-state index contributed by atoms with van der Waals surface area (Å²) in [5.41, 5.74) is 5.81. The fraction of sp³-hybridized carbons (Fsp3) is 0.300. The van der Waals surface area contributed by atoms with E-state index in [1.54, 1.807) is 18.2 Å². The van der Waals surface area contributed by atoms with Crippen molar-refractivity contribution in [3.8, 4) is 17.2 Å². The van der Waals surface area contributed by atoms with Crippen LogP contribution in [0.2, 0.25) is 0 Å². The minimum Gasteiger partial charge on any atom is -0.485 e. The minimum absolute atomic E-state index is 0.0669. The Morgan fingerprint density at radius 1 is 1.07 bits per heavy atom. The highest BCUT2D eigenvalue weighted by molar-refractivity contribution is 5.85. The van der Waals surface area contributed by atoms with E-state index in [0.29, 0.717) is 23.2 Å². The van der Waals surface area contributed by atoms with Crippen molar-refractivity contribution in [3.63, 3.8) is 0 Å². The van der Waals surface area contributed by atoms with E-state index in [2.05, 4.69) is 24.7 Å². The molecule has 0 saturated carbocycles. The summed E-state index contributed by atoms with van der Waals surface area (Å²) in [4.78, 5) is 24.0. The lowest BCUT2D eigenvalue weighted by atomic mass is 10.0. The molecule has 7 heteroatoms. The average molecular weight is 370 g/mol. The number of fused-ring (bicyclic) bond motifs is 1. The number of benzene rings is 2. The zero-order valence-electron chi connectivity index (χ0n) is 15.2. The quantitative estimate of drug-likeness (QED) is 0.788. The second-order valence-electron chi connectivity index (χ2n) is 6.41. The van der Waals surface area contributed by atoms with Crippen LogP contribution in [0.25, 0.3) is 0 Å². The van der Waals surface area contributed by atoms with E-state index in [0.717, 1.165) is 0 Å². The van der Waals surface area contributed by atoms with Gasteiger partial charge in [-0.1, -0.05) is 38.1 Å². The second-order valence-corrected chi connectivity index (χ2v) is 6.41. The van der Waals surface area contributed by atoms with Crippen LogP contribution in [-0.2, 0) is 9.59 Å². The van der Waals surface area contributed by atoms with Crippen molar-refractivity contribution in [1.82, 2.24) is 10.9 Å². The number of nitrogens with one attached hydrogen (secondary N) is 2. The summed E-state index contributed by atoms with van der Waals surface area (Å²) in [5.74, 6) is 1.11. The number of hydrogen-bond acceptors (Lipinski definition) is 5. The molecule has 142 valence electrons. The van der Waals surface area contributed by atoms with Crippen LogP contribution in [0.1, 0.15) is 25.3 Å². The zero-order valence-corrected chi connectivity index (χ0v) is 15.2. The second kappa shape index (κ2) is 8.44. The highest BCUT2D eigenvalue weighted by Gasteiger charge is 2.27. The van der Waals surface area contributed by atoms with Gasteiger partial charge in [0.1, 0.15) is 12.4 Å². The van der Waals surface area contributed by atoms with Crippen molar-refractivity contribution in [2.24, 2.45) is 0 Å². The van der Waals surface area contributed by atoms with Crippen molar-refractivity contribution < 1.29 is 23.8 Å². The smallest absolute Gasteiger partial charge is 0.283 e. The Balaban J connectivity index is 1.42.